The highest BCUT2D eigenvalue weighted by atomic mass is 35.5. The molecule has 0 saturated carbocycles. The van der Waals surface area contributed by atoms with Crippen LogP contribution in [0.2, 0.25) is 5.02 Å². The van der Waals surface area contributed by atoms with Gasteiger partial charge < -0.3 is 5.32 Å². The summed E-state index contributed by atoms with van der Waals surface area (Å²) in [7, 11) is 0. The highest BCUT2D eigenvalue weighted by molar-refractivity contribution is 6.30. The molecule has 0 aromatic heterocycles. The largest absolute Gasteiger partial charge is 0.317 e. The second kappa shape index (κ2) is 7.22. The predicted molar refractivity (Wildman–Crippen MR) is 78.0 cm³/mol. The summed E-state index contributed by atoms with van der Waals surface area (Å²) in [6.45, 7) is 7.08. The first kappa shape index (κ1) is 14.8. The van der Waals surface area contributed by atoms with Crippen LogP contribution in [0.5, 0.6) is 0 Å². The lowest BCUT2D eigenvalue weighted by atomic mass is 9.96. The molecule has 2 nitrogen and oxygen atoms in total. The van der Waals surface area contributed by atoms with Gasteiger partial charge in [-0.3, -0.25) is 4.90 Å². The summed E-state index contributed by atoms with van der Waals surface area (Å²) in [6.07, 6.45) is 2.39. The van der Waals surface area contributed by atoms with Crippen LogP contribution >= 0.6 is 11.6 Å². The molecule has 1 aliphatic heterocycles. The average molecular weight is 285 g/mol. The van der Waals surface area contributed by atoms with E-state index in [2.05, 4.69) is 17.1 Å². The average Bonchev–Trinajstić information content (AvgIpc) is 2.41. The van der Waals surface area contributed by atoms with Crippen LogP contribution in [0.15, 0.2) is 18.2 Å². The smallest absolute Gasteiger partial charge is 0.129 e. The van der Waals surface area contributed by atoms with Crippen LogP contribution in [0.4, 0.5) is 4.39 Å². The number of piperidine rings is 1. The molecular weight excluding hydrogens is 263 g/mol. The van der Waals surface area contributed by atoms with Gasteiger partial charge >= 0.3 is 0 Å². The normalized spacial score (nSPS) is 17.8. The third-order valence-corrected chi connectivity index (χ3v) is 4.03. The zero-order valence-electron chi connectivity index (χ0n) is 11.5. The summed E-state index contributed by atoms with van der Waals surface area (Å²) in [6, 6.07) is 4.95. The molecule has 4 heteroatoms. The van der Waals surface area contributed by atoms with Gasteiger partial charge in [-0.1, -0.05) is 24.6 Å². The van der Waals surface area contributed by atoms with Crippen LogP contribution in [0, 0.1) is 11.7 Å². The maximum atomic E-state index is 13.7. The van der Waals surface area contributed by atoms with E-state index in [9.17, 15) is 4.39 Å². The molecule has 0 amide bonds. The molecule has 1 aromatic carbocycles. The van der Waals surface area contributed by atoms with E-state index in [1.807, 2.05) is 0 Å². The number of rotatable bonds is 5. The highest BCUT2D eigenvalue weighted by Gasteiger charge is 2.19. The molecule has 2 rings (SSSR count). The van der Waals surface area contributed by atoms with E-state index in [0.29, 0.717) is 11.6 Å². The van der Waals surface area contributed by atoms with Gasteiger partial charge in [0.2, 0.25) is 0 Å². The third kappa shape index (κ3) is 4.44. The van der Waals surface area contributed by atoms with Crippen molar-refractivity contribution in [1.82, 2.24) is 10.2 Å². The van der Waals surface area contributed by atoms with Crippen molar-refractivity contribution in [2.75, 3.05) is 26.2 Å². The Hall–Kier alpha value is -0.640. The monoisotopic (exact) mass is 284 g/mol. The first-order chi connectivity index (χ1) is 9.19. The van der Waals surface area contributed by atoms with Crippen molar-refractivity contribution in [2.24, 2.45) is 5.92 Å². The molecule has 1 aliphatic rings. The summed E-state index contributed by atoms with van der Waals surface area (Å²) in [5.74, 6) is 0.577. The molecule has 1 aromatic rings. The van der Waals surface area contributed by atoms with E-state index in [1.54, 1.807) is 12.1 Å². The van der Waals surface area contributed by atoms with Crippen LogP contribution in [0.3, 0.4) is 0 Å². The molecule has 1 saturated heterocycles. The van der Waals surface area contributed by atoms with E-state index >= 15 is 0 Å². The van der Waals surface area contributed by atoms with E-state index in [-0.39, 0.29) is 5.82 Å². The van der Waals surface area contributed by atoms with Gasteiger partial charge in [0.15, 0.2) is 0 Å². The van der Waals surface area contributed by atoms with Crippen molar-refractivity contribution in [3.63, 3.8) is 0 Å². The Labute approximate surface area is 119 Å². The lowest BCUT2D eigenvalue weighted by Crippen LogP contribution is -2.37. The number of halogens is 2. The fourth-order valence-electron chi connectivity index (χ4n) is 2.59. The number of hydrogen-bond donors (Lipinski definition) is 1. The molecular formula is C15H22ClFN2. The van der Waals surface area contributed by atoms with Crippen molar-refractivity contribution in [3.8, 4) is 0 Å². The fourth-order valence-corrected chi connectivity index (χ4v) is 2.75. The molecule has 0 aliphatic carbocycles. The van der Waals surface area contributed by atoms with Crippen molar-refractivity contribution in [3.05, 3.63) is 34.6 Å². The fraction of sp³-hybridized carbons (Fsp3) is 0.600. The molecule has 0 radical (unpaired) electrons. The zero-order valence-corrected chi connectivity index (χ0v) is 12.2. The molecule has 0 atom stereocenters. The second-order valence-electron chi connectivity index (χ2n) is 5.26. The Morgan fingerprint density at radius 1 is 1.37 bits per heavy atom. The number of hydrogen-bond acceptors (Lipinski definition) is 2. The van der Waals surface area contributed by atoms with E-state index in [1.165, 1.54) is 18.9 Å². The van der Waals surface area contributed by atoms with Gasteiger partial charge in [-0.25, -0.2) is 4.39 Å². The Kier molecular flexibility index (Phi) is 5.61. The predicted octanol–water partition coefficient (Wildman–Crippen LogP) is 3.30. The molecule has 106 valence electrons. The van der Waals surface area contributed by atoms with E-state index in [4.69, 9.17) is 11.6 Å². The quantitative estimate of drug-likeness (QED) is 0.892. The molecule has 19 heavy (non-hydrogen) atoms. The Bertz CT molecular complexity index is 403. The van der Waals surface area contributed by atoms with E-state index < -0.39 is 0 Å². The van der Waals surface area contributed by atoms with Crippen molar-refractivity contribution in [1.29, 1.82) is 0 Å². The van der Waals surface area contributed by atoms with Crippen molar-refractivity contribution >= 4 is 11.6 Å². The lowest BCUT2D eigenvalue weighted by Gasteiger charge is -2.32. The first-order valence-electron chi connectivity index (χ1n) is 7.06. The van der Waals surface area contributed by atoms with Gasteiger partial charge in [0, 0.05) is 17.1 Å². The minimum absolute atomic E-state index is 0.192. The zero-order chi connectivity index (χ0) is 13.7. The van der Waals surface area contributed by atoms with Crippen molar-refractivity contribution < 1.29 is 4.39 Å². The van der Waals surface area contributed by atoms with Gasteiger partial charge in [-0.05, 0) is 57.1 Å². The van der Waals surface area contributed by atoms with Gasteiger partial charge in [0.1, 0.15) is 5.82 Å². The Morgan fingerprint density at radius 2 is 2.11 bits per heavy atom. The molecule has 1 N–H and O–H groups in total. The standard InChI is InChI=1S/C15H22ClFN2/c1-2-18-10-12-5-7-19(8-6-12)11-13-3-4-14(16)9-15(13)17/h3-4,9,12,18H,2,5-8,10-11H2,1H3. The molecule has 0 unspecified atom stereocenters. The van der Waals surface area contributed by atoms with Crippen LogP contribution in [0.25, 0.3) is 0 Å². The Balaban J connectivity index is 1.82. The number of benzene rings is 1. The SMILES string of the molecule is CCNCC1CCN(Cc2ccc(Cl)cc2F)CC1. The topological polar surface area (TPSA) is 15.3 Å². The Morgan fingerprint density at radius 3 is 2.74 bits per heavy atom. The van der Waals surface area contributed by atoms with Crippen LogP contribution < -0.4 is 5.32 Å². The summed E-state index contributed by atoms with van der Waals surface area (Å²) in [4.78, 5) is 2.33. The minimum atomic E-state index is -0.192. The van der Waals surface area contributed by atoms with Crippen LogP contribution in [-0.4, -0.2) is 31.1 Å². The van der Waals surface area contributed by atoms with Gasteiger partial charge in [-0.15, -0.1) is 0 Å². The van der Waals surface area contributed by atoms with Gasteiger partial charge in [-0.2, -0.15) is 0 Å². The van der Waals surface area contributed by atoms with Crippen LogP contribution in [0.1, 0.15) is 25.3 Å². The van der Waals surface area contributed by atoms with Crippen molar-refractivity contribution in [2.45, 2.75) is 26.3 Å². The molecule has 0 spiro atoms. The summed E-state index contributed by atoms with van der Waals surface area (Å²) < 4.78 is 13.7. The lowest BCUT2D eigenvalue weighted by molar-refractivity contribution is 0.174. The second-order valence-corrected chi connectivity index (χ2v) is 5.70. The first-order valence-corrected chi connectivity index (χ1v) is 7.44. The number of likely N-dealkylation sites (tertiary alicyclic amines) is 1. The van der Waals surface area contributed by atoms with Crippen LogP contribution in [-0.2, 0) is 6.54 Å². The van der Waals surface area contributed by atoms with E-state index in [0.717, 1.165) is 37.7 Å². The van der Waals surface area contributed by atoms with Gasteiger partial charge in [0.05, 0.1) is 0 Å². The number of nitrogens with zero attached hydrogens (tertiary/aromatic N) is 1. The summed E-state index contributed by atoms with van der Waals surface area (Å²) >= 11 is 5.77. The molecule has 1 heterocycles. The highest BCUT2D eigenvalue weighted by Crippen LogP contribution is 2.21. The summed E-state index contributed by atoms with van der Waals surface area (Å²) in [5.41, 5.74) is 0.745. The maximum absolute atomic E-state index is 13.7. The molecule has 0 bridgehead atoms. The molecule has 1 fully saturated rings. The number of nitrogens with one attached hydrogen (secondary N) is 1. The maximum Gasteiger partial charge on any atom is 0.129 e. The van der Waals surface area contributed by atoms with Gasteiger partial charge in [0.25, 0.3) is 0 Å². The minimum Gasteiger partial charge on any atom is -0.317 e. The summed E-state index contributed by atoms with van der Waals surface area (Å²) in [5, 5.41) is 3.87. The third-order valence-electron chi connectivity index (χ3n) is 3.80.